The van der Waals surface area contributed by atoms with Gasteiger partial charge < -0.3 is 0 Å². The molecule has 1 N–H and O–H groups in total. The van der Waals surface area contributed by atoms with Crippen molar-refractivity contribution < 1.29 is 8.42 Å². The molecular formula is C13H12ClNO2S2. The van der Waals surface area contributed by atoms with Crippen molar-refractivity contribution in [3.8, 4) is 0 Å². The van der Waals surface area contributed by atoms with E-state index in [1.807, 2.05) is 17.5 Å². The van der Waals surface area contributed by atoms with Crippen LogP contribution >= 0.6 is 22.9 Å². The highest BCUT2D eigenvalue weighted by Gasteiger charge is 2.42. The minimum atomic E-state index is -3.53. The van der Waals surface area contributed by atoms with E-state index in [4.69, 9.17) is 11.6 Å². The second-order valence-corrected chi connectivity index (χ2v) is 7.58. The molecule has 2 aromatic rings. The Hall–Kier alpha value is -0.880. The van der Waals surface area contributed by atoms with E-state index in [1.165, 1.54) is 10.9 Å². The summed E-state index contributed by atoms with van der Waals surface area (Å²) in [5, 5.41) is 2.26. The summed E-state index contributed by atoms with van der Waals surface area (Å²) in [5.41, 5.74) is 0. The summed E-state index contributed by atoms with van der Waals surface area (Å²) in [6, 6.07) is 10.5. The van der Waals surface area contributed by atoms with Crippen LogP contribution in [0.5, 0.6) is 0 Å². The largest absolute Gasteiger partial charge is 0.242 e. The maximum atomic E-state index is 12.2. The van der Waals surface area contributed by atoms with E-state index in [0.717, 1.165) is 6.42 Å². The van der Waals surface area contributed by atoms with E-state index >= 15 is 0 Å². The highest BCUT2D eigenvalue weighted by Crippen LogP contribution is 2.43. The van der Waals surface area contributed by atoms with E-state index in [2.05, 4.69) is 4.72 Å². The van der Waals surface area contributed by atoms with Gasteiger partial charge in [-0.1, -0.05) is 29.8 Å². The third kappa shape index (κ3) is 2.69. The quantitative estimate of drug-likeness (QED) is 0.942. The molecular weight excluding hydrogens is 302 g/mol. The molecule has 1 heterocycles. The van der Waals surface area contributed by atoms with Crippen molar-refractivity contribution in [1.29, 1.82) is 0 Å². The van der Waals surface area contributed by atoms with Gasteiger partial charge in [0.2, 0.25) is 10.0 Å². The molecule has 1 aromatic carbocycles. The van der Waals surface area contributed by atoms with E-state index in [1.54, 1.807) is 29.5 Å². The number of benzene rings is 1. The molecule has 3 rings (SSSR count). The normalized spacial score (nSPS) is 22.4. The van der Waals surface area contributed by atoms with Crippen LogP contribution in [-0.4, -0.2) is 14.5 Å². The van der Waals surface area contributed by atoms with Gasteiger partial charge in [0, 0.05) is 16.8 Å². The first-order valence-corrected chi connectivity index (χ1v) is 8.62. The Morgan fingerprint density at radius 1 is 1.21 bits per heavy atom. The molecule has 0 bridgehead atoms. The van der Waals surface area contributed by atoms with Gasteiger partial charge in [-0.25, -0.2) is 13.1 Å². The number of thiophene rings is 1. The maximum absolute atomic E-state index is 12.2. The summed E-state index contributed by atoms with van der Waals surface area (Å²) in [5.74, 6) is 0.303. The second-order valence-electron chi connectivity index (χ2n) is 4.52. The van der Waals surface area contributed by atoms with Crippen LogP contribution in [-0.2, 0) is 10.0 Å². The van der Waals surface area contributed by atoms with Gasteiger partial charge in [-0.2, -0.15) is 0 Å². The minimum Gasteiger partial charge on any atom is -0.207 e. The summed E-state index contributed by atoms with van der Waals surface area (Å²) in [6.07, 6.45) is 0.851. The van der Waals surface area contributed by atoms with Gasteiger partial charge in [0.1, 0.15) is 4.90 Å². The molecule has 3 nitrogen and oxygen atoms in total. The molecule has 1 aliphatic carbocycles. The Morgan fingerprint density at radius 2 is 2.00 bits per heavy atom. The van der Waals surface area contributed by atoms with Crippen LogP contribution in [0.1, 0.15) is 17.2 Å². The van der Waals surface area contributed by atoms with Gasteiger partial charge in [0.15, 0.2) is 0 Å². The zero-order chi connectivity index (χ0) is 13.5. The Bertz CT molecular complexity index is 682. The molecule has 6 heteroatoms. The Labute approximate surface area is 121 Å². The lowest BCUT2D eigenvalue weighted by molar-refractivity contribution is 0.580. The fourth-order valence-electron chi connectivity index (χ4n) is 2.07. The highest BCUT2D eigenvalue weighted by atomic mass is 35.5. The number of hydrogen-bond donors (Lipinski definition) is 1. The van der Waals surface area contributed by atoms with Gasteiger partial charge in [-0.05, 0) is 30.0 Å². The molecule has 2 unspecified atom stereocenters. The molecule has 0 amide bonds. The lowest BCUT2D eigenvalue weighted by Gasteiger charge is -2.07. The Morgan fingerprint density at radius 3 is 2.68 bits per heavy atom. The first-order chi connectivity index (χ1) is 9.08. The van der Waals surface area contributed by atoms with E-state index < -0.39 is 10.0 Å². The van der Waals surface area contributed by atoms with Crippen molar-refractivity contribution in [2.45, 2.75) is 23.3 Å². The second kappa shape index (κ2) is 4.90. The van der Waals surface area contributed by atoms with Gasteiger partial charge in [-0.3, -0.25) is 0 Å². The number of rotatable bonds is 4. The maximum Gasteiger partial charge on any atom is 0.242 e. The smallest absolute Gasteiger partial charge is 0.207 e. The van der Waals surface area contributed by atoms with Crippen molar-refractivity contribution in [3.63, 3.8) is 0 Å². The fourth-order valence-corrected chi connectivity index (χ4v) is 4.78. The average Bonchev–Trinajstić information content (AvgIpc) is 2.91. The highest BCUT2D eigenvalue weighted by molar-refractivity contribution is 7.89. The van der Waals surface area contributed by atoms with Crippen LogP contribution in [0, 0.1) is 0 Å². The van der Waals surface area contributed by atoms with E-state index in [-0.39, 0.29) is 16.0 Å². The lowest BCUT2D eigenvalue weighted by atomic mass is 10.3. The van der Waals surface area contributed by atoms with Crippen LogP contribution < -0.4 is 4.72 Å². The van der Waals surface area contributed by atoms with E-state index in [9.17, 15) is 8.42 Å². The summed E-state index contributed by atoms with van der Waals surface area (Å²) >= 11 is 7.59. The molecule has 1 aromatic heterocycles. The third-order valence-electron chi connectivity index (χ3n) is 3.13. The van der Waals surface area contributed by atoms with Gasteiger partial charge in [0.25, 0.3) is 0 Å². The van der Waals surface area contributed by atoms with Gasteiger partial charge in [-0.15, -0.1) is 11.3 Å². The standard InChI is InChI=1S/C13H12ClNO2S2/c14-10-4-1-2-6-13(10)19(16,17)15-11-8-9(11)12-5-3-7-18-12/h1-7,9,11,15H,8H2. The number of hydrogen-bond acceptors (Lipinski definition) is 3. The van der Waals surface area contributed by atoms with Gasteiger partial charge >= 0.3 is 0 Å². The zero-order valence-electron chi connectivity index (χ0n) is 9.91. The summed E-state index contributed by atoms with van der Waals surface area (Å²) in [4.78, 5) is 1.38. The van der Waals surface area contributed by atoms with Crippen molar-refractivity contribution in [2.24, 2.45) is 0 Å². The molecule has 2 atom stereocenters. The van der Waals surface area contributed by atoms with Crippen LogP contribution in [0.3, 0.4) is 0 Å². The lowest BCUT2D eigenvalue weighted by Crippen LogP contribution is -2.27. The predicted molar refractivity (Wildman–Crippen MR) is 77.2 cm³/mol. The van der Waals surface area contributed by atoms with Crippen molar-refractivity contribution in [2.75, 3.05) is 0 Å². The summed E-state index contributed by atoms with van der Waals surface area (Å²) in [7, 11) is -3.53. The fraction of sp³-hybridized carbons (Fsp3) is 0.231. The topological polar surface area (TPSA) is 46.2 Å². The van der Waals surface area contributed by atoms with E-state index in [0.29, 0.717) is 5.92 Å². The molecule has 0 spiro atoms. The van der Waals surface area contributed by atoms with Gasteiger partial charge in [0.05, 0.1) is 5.02 Å². The summed E-state index contributed by atoms with van der Waals surface area (Å²) in [6.45, 7) is 0. The van der Waals surface area contributed by atoms with Crippen LogP contribution in [0.25, 0.3) is 0 Å². The van der Waals surface area contributed by atoms with Crippen LogP contribution in [0.15, 0.2) is 46.7 Å². The van der Waals surface area contributed by atoms with Crippen LogP contribution in [0.4, 0.5) is 0 Å². The van der Waals surface area contributed by atoms with Crippen LogP contribution in [0.2, 0.25) is 5.02 Å². The summed E-state index contributed by atoms with van der Waals surface area (Å²) < 4.78 is 27.2. The molecule has 1 fully saturated rings. The molecule has 1 aliphatic rings. The molecule has 1 saturated carbocycles. The monoisotopic (exact) mass is 313 g/mol. The number of sulfonamides is 1. The van der Waals surface area contributed by atoms with Crippen molar-refractivity contribution in [3.05, 3.63) is 51.7 Å². The average molecular weight is 314 g/mol. The molecule has 0 saturated heterocycles. The first kappa shape index (κ1) is 13.1. The van der Waals surface area contributed by atoms with Crippen molar-refractivity contribution >= 4 is 33.0 Å². The minimum absolute atomic E-state index is 0.0140. The predicted octanol–water partition coefficient (Wildman–Crippen LogP) is 3.24. The molecule has 0 aliphatic heterocycles. The Balaban J connectivity index is 1.76. The third-order valence-corrected chi connectivity index (χ3v) is 6.13. The first-order valence-electron chi connectivity index (χ1n) is 5.88. The number of nitrogens with one attached hydrogen (secondary N) is 1. The zero-order valence-corrected chi connectivity index (χ0v) is 12.3. The molecule has 100 valence electrons. The Kier molecular flexibility index (Phi) is 3.39. The van der Waals surface area contributed by atoms with Crippen molar-refractivity contribution in [1.82, 2.24) is 4.72 Å². The molecule has 0 radical (unpaired) electrons. The SMILES string of the molecule is O=S(=O)(NC1CC1c1cccs1)c1ccccc1Cl. The molecule has 19 heavy (non-hydrogen) atoms. The number of halogens is 1.